The van der Waals surface area contributed by atoms with Gasteiger partial charge in [0.15, 0.2) is 0 Å². The molecule has 0 unspecified atom stereocenters. The van der Waals surface area contributed by atoms with Crippen molar-refractivity contribution in [3.63, 3.8) is 0 Å². The van der Waals surface area contributed by atoms with Gasteiger partial charge in [0.1, 0.15) is 5.82 Å². The lowest BCUT2D eigenvalue weighted by Gasteiger charge is -2.39. The zero-order chi connectivity index (χ0) is 24.7. The first-order chi connectivity index (χ1) is 16.9. The Balaban J connectivity index is 1.29. The highest BCUT2D eigenvalue weighted by Gasteiger charge is 2.35. The molecule has 0 spiro atoms. The predicted molar refractivity (Wildman–Crippen MR) is 130 cm³/mol. The number of imidazole rings is 1. The number of nitrogens with one attached hydrogen (secondary N) is 1. The molecule has 2 aromatic carbocycles. The number of hydrogen-bond donors (Lipinski definition) is 1. The summed E-state index contributed by atoms with van der Waals surface area (Å²) in [6.07, 6.45) is -0.320. The molecule has 1 N–H and O–H groups in total. The second-order valence-electron chi connectivity index (χ2n) is 9.32. The second-order valence-corrected chi connectivity index (χ2v) is 9.32. The summed E-state index contributed by atoms with van der Waals surface area (Å²) in [7, 11) is 1.38. The molecule has 3 heterocycles. The summed E-state index contributed by atoms with van der Waals surface area (Å²) < 4.78 is 4.77. The number of nitriles is 1. The number of aryl methyl sites for hydroxylation is 2. The Morgan fingerprint density at radius 2 is 1.71 bits per heavy atom. The number of likely N-dealkylation sites (tertiary alicyclic amines) is 2. The lowest BCUT2D eigenvalue weighted by molar-refractivity contribution is 0.0602. The SMILES string of the molecule is COC(=O)N1CC(c2nc(C)c(-c3cc(C(=O)N4CC(c5ccc(C#N)cc5)C4)ccc3C)[nH]2)C1. The maximum absolute atomic E-state index is 13.2. The highest BCUT2D eigenvalue weighted by atomic mass is 16.5. The van der Waals surface area contributed by atoms with E-state index in [2.05, 4.69) is 11.1 Å². The first-order valence-electron chi connectivity index (χ1n) is 11.7. The largest absolute Gasteiger partial charge is 0.453 e. The number of amides is 2. The lowest BCUT2D eigenvalue weighted by atomic mass is 9.90. The molecule has 8 heteroatoms. The summed E-state index contributed by atoms with van der Waals surface area (Å²) in [5.74, 6) is 1.30. The van der Waals surface area contributed by atoms with Crippen LogP contribution in [0.4, 0.5) is 4.79 Å². The Labute approximate surface area is 204 Å². The summed E-state index contributed by atoms with van der Waals surface area (Å²) in [4.78, 5) is 36.5. The molecule has 35 heavy (non-hydrogen) atoms. The monoisotopic (exact) mass is 469 g/mol. The van der Waals surface area contributed by atoms with E-state index >= 15 is 0 Å². The van der Waals surface area contributed by atoms with Crippen molar-refractivity contribution >= 4 is 12.0 Å². The van der Waals surface area contributed by atoms with Gasteiger partial charge in [-0.2, -0.15) is 5.26 Å². The van der Waals surface area contributed by atoms with E-state index in [0.29, 0.717) is 43.2 Å². The molecule has 0 bridgehead atoms. The Morgan fingerprint density at radius 1 is 1.03 bits per heavy atom. The molecule has 2 saturated heterocycles. The van der Waals surface area contributed by atoms with Crippen LogP contribution >= 0.6 is 0 Å². The normalized spacial score (nSPS) is 15.8. The third-order valence-corrected chi connectivity index (χ3v) is 7.04. The molecule has 0 saturated carbocycles. The molecular weight excluding hydrogens is 442 g/mol. The van der Waals surface area contributed by atoms with Crippen LogP contribution in [-0.4, -0.2) is 65.1 Å². The number of rotatable bonds is 4. The molecule has 8 nitrogen and oxygen atoms in total. The molecule has 1 aromatic heterocycles. The summed E-state index contributed by atoms with van der Waals surface area (Å²) >= 11 is 0. The summed E-state index contributed by atoms with van der Waals surface area (Å²) in [6, 6.07) is 15.5. The molecule has 178 valence electrons. The number of hydrogen-bond acceptors (Lipinski definition) is 5. The minimum absolute atomic E-state index is 0.0150. The van der Waals surface area contributed by atoms with Gasteiger partial charge in [-0.1, -0.05) is 18.2 Å². The van der Waals surface area contributed by atoms with E-state index in [1.165, 1.54) is 7.11 Å². The average Bonchev–Trinajstić information content (AvgIpc) is 3.18. The molecule has 0 radical (unpaired) electrons. The minimum atomic E-state index is -0.320. The van der Waals surface area contributed by atoms with Gasteiger partial charge < -0.3 is 19.5 Å². The smallest absolute Gasteiger partial charge is 0.409 e. The van der Waals surface area contributed by atoms with E-state index in [-0.39, 0.29) is 17.9 Å². The molecule has 0 aliphatic carbocycles. The van der Waals surface area contributed by atoms with E-state index in [9.17, 15) is 9.59 Å². The van der Waals surface area contributed by atoms with Crippen LogP contribution in [0.25, 0.3) is 11.3 Å². The zero-order valence-corrected chi connectivity index (χ0v) is 20.0. The average molecular weight is 470 g/mol. The Hall–Kier alpha value is -4.12. The van der Waals surface area contributed by atoms with E-state index in [0.717, 1.165) is 33.9 Å². The number of aromatic amines is 1. The summed E-state index contributed by atoms with van der Waals surface area (Å²) in [6.45, 7) is 6.46. The third kappa shape index (κ3) is 4.14. The Kier molecular flexibility index (Phi) is 5.77. The zero-order valence-electron chi connectivity index (χ0n) is 20.0. The van der Waals surface area contributed by atoms with Crippen molar-refractivity contribution < 1.29 is 14.3 Å². The van der Waals surface area contributed by atoms with E-state index in [1.54, 1.807) is 4.90 Å². The molecule has 0 atom stereocenters. The first kappa shape index (κ1) is 22.7. The van der Waals surface area contributed by atoms with E-state index in [4.69, 9.17) is 15.0 Å². The number of nitrogens with zero attached hydrogens (tertiary/aromatic N) is 4. The maximum atomic E-state index is 13.2. The van der Waals surface area contributed by atoms with Gasteiger partial charge in [-0.05, 0) is 49.2 Å². The van der Waals surface area contributed by atoms with Crippen LogP contribution in [0.2, 0.25) is 0 Å². The van der Waals surface area contributed by atoms with Crippen LogP contribution in [0.15, 0.2) is 42.5 Å². The quantitative estimate of drug-likeness (QED) is 0.623. The summed E-state index contributed by atoms with van der Waals surface area (Å²) in [5.41, 5.74) is 6.24. The van der Waals surface area contributed by atoms with Crippen molar-refractivity contribution in [3.05, 3.63) is 76.2 Å². The molecule has 3 aromatic rings. The van der Waals surface area contributed by atoms with Crippen LogP contribution in [0.1, 0.15) is 50.4 Å². The van der Waals surface area contributed by atoms with Gasteiger partial charge in [-0.3, -0.25) is 4.79 Å². The van der Waals surface area contributed by atoms with Crippen LogP contribution < -0.4 is 0 Å². The molecule has 2 fully saturated rings. The van der Waals surface area contributed by atoms with Crippen molar-refractivity contribution in [1.82, 2.24) is 19.8 Å². The van der Waals surface area contributed by atoms with Gasteiger partial charge in [-0.15, -0.1) is 0 Å². The van der Waals surface area contributed by atoms with Gasteiger partial charge in [0.05, 0.1) is 36.0 Å². The third-order valence-electron chi connectivity index (χ3n) is 7.04. The number of methoxy groups -OCH3 is 1. The standard InChI is InChI=1S/C27H27N5O3/c1-16-4-7-20(26(33)31-12-21(13-31)19-8-5-18(11-28)6-9-19)10-23(16)24-17(2)29-25(30-24)22-14-32(15-22)27(34)35-3/h4-10,21-22H,12-15H2,1-3H3,(H,29,30). The van der Waals surface area contributed by atoms with Crippen LogP contribution in [-0.2, 0) is 4.74 Å². The maximum Gasteiger partial charge on any atom is 0.409 e. The number of carbonyl (C=O) groups is 2. The number of ether oxygens (including phenoxy) is 1. The molecule has 2 aliphatic rings. The molecular formula is C27H27N5O3. The number of carbonyl (C=O) groups excluding carboxylic acids is 2. The fraction of sp³-hybridized carbons (Fsp3) is 0.333. The highest BCUT2D eigenvalue weighted by molar-refractivity contribution is 5.96. The topological polar surface area (TPSA) is 102 Å². The number of benzene rings is 2. The van der Waals surface area contributed by atoms with Crippen LogP contribution in [0.5, 0.6) is 0 Å². The molecule has 2 aliphatic heterocycles. The van der Waals surface area contributed by atoms with Gasteiger partial charge in [0.25, 0.3) is 5.91 Å². The van der Waals surface area contributed by atoms with Gasteiger partial charge >= 0.3 is 6.09 Å². The fourth-order valence-electron chi connectivity index (χ4n) is 4.76. The lowest BCUT2D eigenvalue weighted by Crippen LogP contribution is -2.48. The van der Waals surface area contributed by atoms with Crippen molar-refractivity contribution in [3.8, 4) is 17.3 Å². The van der Waals surface area contributed by atoms with E-state index in [1.807, 2.05) is 61.2 Å². The summed E-state index contributed by atoms with van der Waals surface area (Å²) in [5, 5.41) is 8.98. The van der Waals surface area contributed by atoms with Crippen LogP contribution in [0.3, 0.4) is 0 Å². The van der Waals surface area contributed by atoms with Crippen molar-refractivity contribution in [1.29, 1.82) is 5.26 Å². The first-order valence-corrected chi connectivity index (χ1v) is 11.7. The fourth-order valence-corrected chi connectivity index (χ4v) is 4.76. The van der Waals surface area contributed by atoms with Crippen molar-refractivity contribution in [2.24, 2.45) is 0 Å². The van der Waals surface area contributed by atoms with Crippen molar-refractivity contribution in [2.75, 3.05) is 33.3 Å². The Morgan fingerprint density at radius 3 is 2.37 bits per heavy atom. The predicted octanol–water partition coefficient (Wildman–Crippen LogP) is 3.97. The van der Waals surface area contributed by atoms with Crippen LogP contribution in [0, 0.1) is 25.2 Å². The van der Waals surface area contributed by atoms with Gasteiger partial charge in [0.2, 0.25) is 0 Å². The second kappa shape index (κ2) is 8.91. The number of aromatic nitrogens is 2. The van der Waals surface area contributed by atoms with E-state index < -0.39 is 0 Å². The number of H-pyrrole nitrogens is 1. The molecule has 2 amide bonds. The Bertz CT molecular complexity index is 1330. The minimum Gasteiger partial charge on any atom is -0.453 e. The van der Waals surface area contributed by atoms with Gasteiger partial charge in [-0.25, -0.2) is 9.78 Å². The molecule has 5 rings (SSSR count). The van der Waals surface area contributed by atoms with Crippen molar-refractivity contribution in [2.45, 2.75) is 25.7 Å². The van der Waals surface area contributed by atoms with Gasteiger partial charge in [0, 0.05) is 43.2 Å². The highest BCUT2D eigenvalue weighted by Crippen LogP contribution is 2.33.